The number of rotatable bonds is 2. The molecule has 5 rings (SSSR count). The van der Waals surface area contributed by atoms with Gasteiger partial charge in [0, 0.05) is 17.6 Å². The Morgan fingerprint density at radius 3 is 2.79 bits per heavy atom. The zero-order chi connectivity index (χ0) is 20.1. The van der Waals surface area contributed by atoms with Crippen LogP contribution < -0.4 is 0 Å². The summed E-state index contributed by atoms with van der Waals surface area (Å²) in [4.78, 5) is 4.29. The van der Waals surface area contributed by atoms with Gasteiger partial charge in [-0.2, -0.15) is 5.10 Å². The number of pyridine rings is 1. The zero-order valence-corrected chi connectivity index (χ0v) is 18.6. The van der Waals surface area contributed by atoms with Gasteiger partial charge < -0.3 is 9.94 Å². The van der Waals surface area contributed by atoms with Crippen molar-refractivity contribution in [3.63, 3.8) is 0 Å². The molecule has 0 unspecified atom stereocenters. The lowest BCUT2D eigenvalue weighted by Gasteiger charge is -2.20. The standard InChI is InChI=1S/C20H11Br2ClN4O2/c21-16-9-15(26(25-16)19-14(23)6-3-7-24-19)20-27(28)18-12(10-29-20)8-11-4-1-2-5-13(11)17(18)22/h1-9H,10H2. The first-order valence-electron chi connectivity index (χ1n) is 8.58. The van der Waals surface area contributed by atoms with E-state index in [0.717, 1.165) is 25.5 Å². The van der Waals surface area contributed by atoms with Gasteiger partial charge in [-0.15, -0.1) is 4.74 Å². The van der Waals surface area contributed by atoms with Crippen LogP contribution >= 0.6 is 43.5 Å². The van der Waals surface area contributed by atoms with E-state index in [-0.39, 0.29) is 12.5 Å². The second-order valence-corrected chi connectivity index (χ2v) is 8.39. The Bertz CT molecular complexity index is 1320. The van der Waals surface area contributed by atoms with Gasteiger partial charge in [-0.05, 0) is 55.4 Å². The van der Waals surface area contributed by atoms with Crippen LogP contribution in [0, 0.1) is 5.21 Å². The third kappa shape index (κ3) is 3.02. The predicted octanol–water partition coefficient (Wildman–Crippen LogP) is 5.72. The van der Waals surface area contributed by atoms with Crippen LogP contribution in [-0.4, -0.2) is 25.4 Å². The van der Waals surface area contributed by atoms with E-state index in [2.05, 4.69) is 41.9 Å². The summed E-state index contributed by atoms with van der Waals surface area (Å²) in [7, 11) is 0. The van der Waals surface area contributed by atoms with E-state index < -0.39 is 0 Å². The van der Waals surface area contributed by atoms with Gasteiger partial charge in [0.15, 0.2) is 11.5 Å². The third-order valence-corrected chi connectivity index (χ3v) is 6.11. The largest absolute Gasteiger partial charge is 0.615 e. The average molecular weight is 535 g/mol. The number of aromatic nitrogens is 3. The maximum absolute atomic E-state index is 13.4. The van der Waals surface area contributed by atoms with Gasteiger partial charge in [-0.25, -0.2) is 9.67 Å². The van der Waals surface area contributed by atoms with Crippen LogP contribution in [0.25, 0.3) is 16.6 Å². The molecular formula is C20H11Br2ClN4O2. The minimum atomic E-state index is 0.119. The molecule has 1 aliphatic heterocycles. The Hall–Kier alpha value is -2.42. The third-order valence-electron chi connectivity index (χ3n) is 4.63. The molecule has 4 aromatic rings. The van der Waals surface area contributed by atoms with Crippen molar-refractivity contribution in [2.24, 2.45) is 0 Å². The van der Waals surface area contributed by atoms with Crippen LogP contribution in [0.5, 0.6) is 0 Å². The van der Waals surface area contributed by atoms with Gasteiger partial charge >= 0.3 is 5.90 Å². The molecule has 0 radical (unpaired) electrons. The maximum Gasteiger partial charge on any atom is 0.407 e. The summed E-state index contributed by atoms with van der Waals surface area (Å²) in [5.41, 5.74) is 1.76. The van der Waals surface area contributed by atoms with Crippen LogP contribution in [0.4, 0.5) is 5.69 Å². The van der Waals surface area contributed by atoms with Crippen molar-refractivity contribution in [2.75, 3.05) is 0 Å². The number of hydrogen-bond acceptors (Lipinski definition) is 4. The summed E-state index contributed by atoms with van der Waals surface area (Å²) in [5, 5.41) is 20.2. The summed E-state index contributed by atoms with van der Waals surface area (Å²) in [6.07, 6.45) is 1.61. The number of halogens is 3. The van der Waals surface area contributed by atoms with Crippen LogP contribution in [0.15, 0.2) is 63.8 Å². The van der Waals surface area contributed by atoms with Gasteiger partial charge in [0.1, 0.15) is 11.2 Å². The molecule has 3 heterocycles. The number of benzene rings is 2. The molecule has 0 saturated carbocycles. The highest BCUT2D eigenvalue weighted by atomic mass is 79.9. The molecule has 29 heavy (non-hydrogen) atoms. The molecule has 0 amide bonds. The van der Waals surface area contributed by atoms with Crippen molar-refractivity contribution in [3.8, 4) is 5.82 Å². The van der Waals surface area contributed by atoms with E-state index in [1.807, 2.05) is 30.3 Å². The molecule has 0 bridgehead atoms. The van der Waals surface area contributed by atoms with Gasteiger partial charge in [0.25, 0.3) is 0 Å². The van der Waals surface area contributed by atoms with E-state index in [4.69, 9.17) is 16.3 Å². The lowest BCUT2D eigenvalue weighted by molar-refractivity contribution is -0.380. The summed E-state index contributed by atoms with van der Waals surface area (Å²) in [6, 6.07) is 15.0. The molecule has 0 saturated heterocycles. The van der Waals surface area contributed by atoms with Crippen LogP contribution in [0.1, 0.15) is 11.3 Å². The van der Waals surface area contributed by atoms with Gasteiger partial charge in [-0.3, -0.25) is 0 Å². The van der Waals surface area contributed by atoms with E-state index in [1.54, 1.807) is 24.4 Å². The lowest BCUT2D eigenvalue weighted by Crippen LogP contribution is -2.25. The van der Waals surface area contributed by atoms with Crippen molar-refractivity contribution in [1.29, 1.82) is 0 Å². The fourth-order valence-corrected chi connectivity index (χ4v) is 4.71. The summed E-state index contributed by atoms with van der Waals surface area (Å²) in [5.74, 6) is 0.524. The van der Waals surface area contributed by atoms with E-state index in [0.29, 0.717) is 26.8 Å². The Morgan fingerprint density at radius 2 is 1.97 bits per heavy atom. The molecule has 0 N–H and O–H groups in total. The fourth-order valence-electron chi connectivity index (χ4n) is 3.36. The number of hydrogen-bond donors (Lipinski definition) is 0. The molecule has 9 heteroatoms. The predicted molar refractivity (Wildman–Crippen MR) is 118 cm³/mol. The van der Waals surface area contributed by atoms with Crippen LogP contribution in [-0.2, 0) is 11.3 Å². The second kappa shape index (κ2) is 7.12. The van der Waals surface area contributed by atoms with Crippen LogP contribution in [0.3, 0.4) is 0 Å². The minimum absolute atomic E-state index is 0.119. The summed E-state index contributed by atoms with van der Waals surface area (Å²) in [6.45, 7) is 0.256. The Labute approximate surface area is 187 Å². The molecular weight excluding hydrogens is 524 g/mol. The molecule has 0 spiro atoms. The summed E-state index contributed by atoms with van der Waals surface area (Å²) >= 11 is 13.3. The Balaban J connectivity index is 1.75. The average Bonchev–Trinajstić information content (AvgIpc) is 3.10. The molecule has 0 fully saturated rings. The number of nitrogens with zero attached hydrogens (tertiary/aromatic N) is 4. The lowest BCUT2D eigenvalue weighted by atomic mass is 10.0. The first-order chi connectivity index (χ1) is 14.0. The van der Waals surface area contributed by atoms with Gasteiger partial charge in [-0.1, -0.05) is 35.9 Å². The first-order valence-corrected chi connectivity index (χ1v) is 10.5. The molecule has 0 aliphatic carbocycles. The smallest absolute Gasteiger partial charge is 0.407 e. The molecule has 2 aromatic carbocycles. The highest BCUT2D eigenvalue weighted by molar-refractivity contribution is 9.11. The van der Waals surface area contributed by atoms with Crippen molar-refractivity contribution in [1.82, 2.24) is 14.8 Å². The zero-order valence-electron chi connectivity index (χ0n) is 14.6. The molecule has 144 valence electrons. The molecule has 0 atom stereocenters. The van der Waals surface area contributed by atoms with E-state index in [1.165, 1.54) is 4.68 Å². The SMILES string of the molecule is [O-][N+]1=C(c2cc(Br)nn2-c2ncccc2Cl)OCc2cc3ccccc3c(Br)c21. The Morgan fingerprint density at radius 1 is 1.14 bits per heavy atom. The van der Waals surface area contributed by atoms with Crippen LogP contribution in [0.2, 0.25) is 5.02 Å². The van der Waals surface area contributed by atoms with Crippen molar-refractivity contribution in [3.05, 3.63) is 85.3 Å². The minimum Gasteiger partial charge on any atom is -0.615 e. The van der Waals surface area contributed by atoms with E-state index >= 15 is 0 Å². The monoisotopic (exact) mass is 532 g/mol. The van der Waals surface area contributed by atoms with Crippen molar-refractivity contribution in [2.45, 2.75) is 6.61 Å². The highest BCUT2D eigenvalue weighted by Crippen LogP contribution is 2.39. The quantitative estimate of drug-likeness (QED) is 0.244. The van der Waals surface area contributed by atoms with Gasteiger partial charge in [0.05, 0.1) is 15.1 Å². The highest BCUT2D eigenvalue weighted by Gasteiger charge is 2.33. The number of ether oxygens (including phenoxy) is 1. The molecule has 2 aromatic heterocycles. The van der Waals surface area contributed by atoms with E-state index in [9.17, 15) is 5.21 Å². The number of fused-ring (bicyclic) bond motifs is 2. The van der Waals surface area contributed by atoms with Crippen molar-refractivity contribution < 1.29 is 9.48 Å². The molecule has 6 nitrogen and oxygen atoms in total. The summed E-state index contributed by atoms with van der Waals surface area (Å²) < 4.78 is 9.41. The maximum atomic E-state index is 13.4. The Kier molecular flexibility index (Phi) is 4.57. The normalized spacial score (nSPS) is 13.5. The molecule has 1 aliphatic rings. The topological polar surface area (TPSA) is 66.0 Å². The van der Waals surface area contributed by atoms with Crippen molar-refractivity contribution >= 4 is 65.8 Å². The van der Waals surface area contributed by atoms with Gasteiger partial charge in [0.2, 0.25) is 5.69 Å². The fraction of sp³-hybridized carbons (Fsp3) is 0.0500. The first kappa shape index (κ1) is 18.6. The second-order valence-electron chi connectivity index (χ2n) is 6.38.